The molecule has 0 N–H and O–H groups in total. The molecule has 0 aliphatic carbocycles. The Balaban J connectivity index is 3.12. The van der Waals surface area contributed by atoms with Gasteiger partial charge in [0.05, 0.1) is 3.39 Å². The van der Waals surface area contributed by atoms with Crippen LogP contribution in [0.3, 0.4) is 0 Å². The molecule has 1 aromatic carbocycles. The van der Waals surface area contributed by atoms with Gasteiger partial charge in [0.1, 0.15) is 0 Å². The van der Waals surface area contributed by atoms with Gasteiger partial charge in [-0.2, -0.15) is 0 Å². The maximum absolute atomic E-state index is 3.47. The molecule has 0 heterocycles. The van der Waals surface area contributed by atoms with Crippen molar-refractivity contribution in [3.8, 4) is 0 Å². The quantitative estimate of drug-likeness (QED) is 0.736. The van der Waals surface area contributed by atoms with E-state index in [1.165, 1.54) is 11.1 Å². The van der Waals surface area contributed by atoms with Crippen molar-refractivity contribution in [2.45, 2.75) is 13.8 Å². The molecular weight excluding hydrogens is 292 g/mol. The van der Waals surface area contributed by atoms with Crippen molar-refractivity contribution in [2.24, 2.45) is 5.92 Å². The number of rotatable bonds is 2. The Morgan fingerprint density at radius 1 is 1.08 bits per heavy atom. The third-order valence-electron chi connectivity index (χ3n) is 1.87. The molecule has 0 bridgehead atoms. The van der Waals surface area contributed by atoms with Gasteiger partial charge in [0.2, 0.25) is 0 Å². The minimum Gasteiger partial charge on any atom is -0.0622 e. The maximum atomic E-state index is 3.47. The number of hydrogen-bond acceptors (Lipinski definition) is 0. The lowest BCUT2D eigenvalue weighted by molar-refractivity contribution is 0.856. The molecule has 13 heavy (non-hydrogen) atoms. The second-order valence-electron chi connectivity index (χ2n) is 3.19. The molecule has 0 amide bonds. The van der Waals surface area contributed by atoms with E-state index in [4.69, 9.17) is 0 Å². The van der Waals surface area contributed by atoms with Crippen LogP contribution in [0.25, 0.3) is 5.57 Å². The highest BCUT2D eigenvalue weighted by molar-refractivity contribution is 9.28. The van der Waals surface area contributed by atoms with Crippen molar-refractivity contribution < 1.29 is 0 Å². The Labute approximate surface area is 96.3 Å². The zero-order valence-electron chi connectivity index (χ0n) is 7.72. The summed E-state index contributed by atoms with van der Waals surface area (Å²) in [4.78, 5) is 0. The van der Waals surface area contributed by atoms with Gasteiger partial charge in [-0.3, -0.25) is 0 Å². The van der Waals surface area contributed by atoms with Crippen LogP contribution in [-0.2, 0) is 0 Å². The third kappa shape index (κ3) is 2.96. The first-order valence-electron chi connectivity index (χ1n) is 4.23. The van der Waals surface area contributed by atoms with E-state index in [2.05, 4.69) is 70.0 Å². The molecule has 0 unspecified atom stereocenters. The van der Waals surface area contributed by atoms with Gasteiger partial charge in [-0.05, 0) is 48.9 Å². The fraction of sp³-hybridized carbons (Fsp3) is 0.273. The summed E-state index contributed by atoms with van der Waals surface area (Å²) in [6.07, 6.45) is 0. The summed E-state index contributed by atoms with van der Waals surface area (Å²) < 4.78 is 1.04. The molecular formula is C11H12Br2. The van der Waals surface area contributed by atoms with Crippen LogP contribution in [-0.4, -0.2) is 0 Å². The molecule has 0 aromatic heterocycles. The molecule has 0 spiro atoms. The second-order valence-corrected chi connectivity index (χ2v) is 5.84. The Bertz CT molecular complexity index is 295. The van der Waals surface area contributed by atoms with Crippen molar-refractivity contribution in [1.29, 1.82) is 0 Å². The maximum Gasteiger partial charge on any atom is 0.0644 e. The van der Waals surface area contributed by atoms with E-state index < -0.39 is 0 Å². The molecule has 1 rings (SSSR count). The first-order valence-corrected chi connectivity index (χ1v) is 5.82. The fourth-order valence-electron chi connectivity index (χ4n) is 1.28. The van der Waals surface area contributed by atoms with E-state index >= 15 is 0 Å². The summed E-state index contributed by atoms with van der Waals surface area (Å²) in [5, 5.41) is 0. The summed E-state index contributed by atoms with van der Waals surface area (Å²) >= 11 is 6.95. The average molecular weight is 304 g/mol. The highest BCUT2D eigenvalue weighted by Gasteiger charge is 2.08. The normalized spacial score (nSPS) is 10.2. The van der Waals surface area contributed by atoms with Crippen LogP contribution < -0.4 is 0 Å². The highest BCUT2D eigenvalue weighted by Crippen LogP contribution is 2.32. The van der Waals surface area contributed by atoms with E-state index in [0.717, 1.165) is 3.39 Å². The smallest absolute Gasteiger partial charge is 0.0622 e. The number of hydrogen-bond donors (Lipinski definition) is 0. The first-order chi connectivity index (χ1) is 6.13. The van der Waals surface area contributed by atoms with Gasteiger partial charge in [-0.15, -0.1) is 0 Å². The predicted octanol–water partition coefficient (Wildman–Crippen LogP) is 4.80. The Hall–Kier alpha value is -0.0800. The topological polar surface area (TPSA) is 0 Å². The Morgan fingerprint density at radius 3 is 2.00 bits per heavy atom. The van der Waals surface area contributed by atoms with Gasteiger partial charge in [-0.1, -0.05) is 44.2 Å². The molecule has 0 saturated carbocycles. The van der Waals surface area contributed by atoms with Crippen molar-refractivity contribution in [1.82, 2.24) is 0 Å². The number of allylic oxidation sites excluding steroid dienone is 1. The lowest BCUT2D eigenvalue weighted by Crippen LogP contribution is -1.93. The summed E-state index contributed by atoms with van der Waals surface area (Å²) in [5.74, 6) is 0.510. The van der Waals surface area contributed by atoms with Crippen molar-refractivity contribution in [2.75, 3.05) is 0 Å². The van der Waals surface area contributed by atoms with E-state index in [-0.39, 0.29) is 0 Å². The Morgan fingerprint density at radius 2 is 1.62 bits per heavy atom. The van der Waals surface area contributed by atoms with Crippen molar-refractivity contribution in [3.63, 3.8) is 0 Å². The summed E-state index contributed by atoms with van der Waals surface area (Å²) in [5.41, 5.74) is 2.57. The SMILES string of the molecule is CC(C)C(=C(Br)Br)c1ccccc1. The summed E-state index contributed by atoms with van der Waals surface area (Å²) in [7, 11) is 0. The molecule has 0 nitrogen and oxygen atoms in total. The van der Waals surface area contributed by atoms with E-state index in [0.29, 0.717) is 5.92 Å². The minimum absolute atomic E-state index is 0.510. The van der Waals surface area contributed by atoms with Crippen LogP contribution in [0.2, 0.25) is 0 Å². The van der Waals surface area contributed by atoms with Crippen LogP contribution in [0.5, 0.6) is 0 Å². The molecule has 0 aliphatic heterocycles. The molecule has 0 atom stereocenters. The molecule has 0 fully saturated rings. The van der Waals surface area contributed by atoms with E-state index in [1.807, 2.05) is 6.07 Å². The van der Waals surface area contributed by atoms with E-state index in [9.17, 15) is 0 Å². The van der Waals surface area contributed by atoms with Crippen LogP contribution in [0, 0.1) is 5.92 Å². The van der Waals surface area contributed by atoms with Crippen molar-refractivity contribution in [3.05, 3.63) is 39.3 Å². The Kier molecular flexibility index (Phi) is 4.20. The van der Waals surface area contributed by atoms with Crippen molar-refractivity contribution >= 4 is 37.4 Å². The second kappa shape index (κ2) is 4.97. The minimum atomic E-state index is 0.510. The van der Waals surface area contributed by atoms with Gasteiger partial charge in [-0.25, -0.2) is 0 Å². The fourth-order valence-corrected chi connectivity index (χ4v) is 2.65. The number of benzene rings is 1. The van der Waals surface area contributed by atoms with Gasteiger partial charge >= 0.3 is 0 Å². The van der Waals surface area contributed by atoms with Crippen LogP contribution in [0.4, 0.5) is 0 Å². The highest BCUT2D eigenvalue weighted by atomic mass is 79.9. The molecule has 2 heteroatoms. The third-order valence-corrected chi connectivity index (χ3v) is 2.72. The first kappa shape index (κ1) is 11.0. The van der Waals surface area contributed by atoms with Gasteiger partial charge < -0.3 is 0 Å². The zero-order valence-corrected chi connectivity index (χ0v) is 10.9. The molecule has 1 aromatic rings. The monoisotopic (exact) mass is 302 g/mol. The molecule has 0 saturated heterocycles. The lowest BCUT2D eigenvalue weighted by Gasteiger charge is -2.11. The van der Waals surface area contributed by atoms with Gasteiger partial charge in [0.25, 0.3) is 0 Å². The predicted molar refractivity (Wildman–Crippen MR) is 66.1 cm³/mol. The van der Waals surface area contributed by atoms with Crippen LogP contribution in [0.15, 0.2) is 33.7 Å². The number of halogens is 2. The standard InChI is InChI=1S/C11H12Br2/c1-8(2)10(11(12)13)9-6-4-3-5-7-9/h3-8H,1-2H3. The summed E-state index contributed by atoms with van der Waals surface area (Å²) in [6.45, 7) is 4.37. The summed E-state index contributed by atoms with van der Waals surface area (Å²) in [6, 6.07) is 10.4. The van der Waals surface area contributed by atoms with Crippen LogP contribution in [0.1, 0.15) is 19.4 Å². The largest absolute Gasteiger partial charge is 0.0644 e. The molecule has 0 radical (unpaired) electrons. The van der Waals surface area contributed by atoms with Gasteiger partial charge in [0.15, 0.2) is 0 Å². The lowest BCUT2D eigenvalue weighted by atomic mass is 9.97. The molecule has 70 valence electrons. The average Bonchev–Trinajstić information content (AvgIpc) is 2.04. The molecule has 0 aliphatic rings. The van der Waals surface area contributed by atoms with Gasteiger partial charge in [0, 0.05) is 0 Å². The zero-order chi connectivity index (χ0) is 9.84. The van der Waals surface area contributed by atoms with E-state index in [1.54, 1.807) is 0 Å². The van der Waals surface area contributed by atoms with Crippen LogP contribution >= 0.6 is 31.9 Å².